The van der Waals surface area contributed by atoms with E-state index < -0.39 is 5.91 Å². The number of Topliss-reactive ketones (excluding diaryl/α,β-unsaturated/α-hetero) is 1. The number of carbonyl (C=O) groups is 2. The van der Waals surface area contributed by atoms with Gasteiger partial charge in [-0.05, 0) is 55.5 Å². The molecule has 0 aliphatic rings. The highest BCUT2D eigenvalue weighted by Gasteiger charge is 2.16. The van der Waals surface area contributed by atoms with Crippen LogP contribution in [0.1, 0.15) is 28.0 Å². The Morgan fingerprint density at radius 3 is 2.29 bits per heavy atom. The largest absolute Gasteiger partial charge is 0.412 e. The van der Waals surface area contributed by atoms with E-state index in [-0.39, 0.29) is 17.6 Å². The molecule has 0 unspecified atom stereocenters. The predicted molar refractivity (Wildman–Crippen MR) is 89.1 cm³/mol. The summed E-state index contributed by atoms with van der Waals surface area (Å²) in [6.45, 7) is 1.48. The van der Waals surface area contributed by atoms with E-state index in [1.165, 1.54) is 6.92 Å². The molecule has 0 bridgehead atoms. The second kappa shape index (κ2) is 6.64. The lowest BCUT2D eigenvalue weighted by molar-refractivity contribution is 0.0989. The van der Waals surface area contributed by atoms with Crippen LogP contribution < -0.4 is 5.32 Å². The molecule has 1 amide bonds. The molecule has 3 rings (SSSR count). The summed E-state index contributed by atoms with van der Waals surface area (Å²) >= 11 is 5.82. The first-order chi connectivity index (χ1) is 11.5. The number of carbonyl (C=O) groups excluding carboxylic acids is 2. The molecule has 7 heteroatoms. The summed E-state index contributed by atoms with van der Waals surface area (Å²) in [5, 5.41) is 10.8. The highest BCUT2D eigenvalue weighted by Crippen LogP contribution is 2.20. The normalized spacial score (nSPS) is 10.4. The summed E-state index contributed by atoms with van der Waals surface area (Å²) in [7, 11) is 0. The molecule has 3 aromatic rings. The molecule has 0 saturated carbocycles. The van der Waals surface area contributed by atoms with E-state index in [2.05, 4.69) is 15.5 Å². The van der Waals surface area contributed by atoms with Crippen LogP contribution >= 0.6 is 11.6 Å². The zero-order valence-electron chi connectivity index (χ0n) is 12.6. The summed E-state index contributed by atoms with van der Waals surface area (Å²) in [6, 6.07) is 13.3. The predicted octanol–water partition coefficient (Wildman–Crippen LogP) is 3.84. The maximum atomic E-state index is 12.1. The number of halogens is 1. The summed E-state index contributed by atoms with van der Waals surface area (Å²) in [5.41, 5.74) is 1.75. The minimum atomic E-state index is -0.529. The molecule has 0 radical (unpaired) electrons. The molecule has 1 N–H and O–H groups in total. The third-order valence-electron chi connectivity index (χ3n) is 3.26. The third-order valence-corrected chi connectivity index (χ3v) is 3.51. The van der Waals surface area contributed by atoms with E-state index in [9.17, 15) is 9.59 Å². The van der Waals surface area contributed by atoms with Crippen LogP contribution in [0.4, 0.5) is 5.69 Å². The smallest absolute Gasteiger partial charge is 0.313 e. The Morgan fingerprint density at radius 2 is 1.67 bits per heavy atom. The van der Waals surface area contributed by atoms with Gasteiger partial charge in [-0.3, -0.25) is 9.59 Å². The number of hydrogen-bond donors (Lipinski definition) is 1. The van der Waals surface area contributed by atoms with Crippen molar-refractivity contribution < 1.29 is 14.0 Å². The van der Waals surface area contributed by atoms with E-state index in [1.807, 2.05) is 0 Å². The fraction of sp³-hybridized carbons (Fsp3) is 0.0588. The summed E-state index contributed by atoms with van der Waals surface area (Å²) in [5.74, 6) is -0.505. The first-order valence-electron chi connectivity index (χ1n) is 7.05. The van der Waals surface area contributed by atoms with Gasteiger partial charge in [0, 0.05) is 21.8 Å². The zero-order chi connectivity index (χ0) is 17.1. The maximum absolute atomic E-state index is 12.1. The van der Waals surface area contributed by atoms with E-state index in [1.54, 1.807) is 48.5 Å². The molecule has 6 nitrogen and oxygen atoms in total. The van der Waals surface area contributed by atoms with E-state index in [0.29, 0.717) is 21.8 Å². The van der Waals surface area contributed by atoms with Gasteiger partial charge in [-0.15, -0.1) is 10.2 Å². The van der Waals surface area contributed by atoms with Crippen molar-refractivity contribution in [2.75, 3.05) is 5.32 Å². The standard InChI is InChI=1S/C17H12ClN3O3/c1-10(22)11-4-8-14(9-5-11)19-15(23)17-21-20-16(24-17)12-2-6-13(18)7-3-12/h2-9H,1H3,(H,19,23). The van der Waals surface area contributed by atoms with Gasteiger partial charge in [-0.25, -0.2) is 0 Å². The summed E-state index contributed by atoms with van der Waals surface area (Å²) in [6.07, 6.45) is 0. The van der Waals surface area contributed by atoms with Crippen LogP contribution in [-0.4, -0.2) is 21.9 Å². The van der Waals surface area contributed by atoms with Crippen LogP contribution in [0.2, 0.25) is 5.02 Å². The second-order valence-corrected chi connectivity index (χ2v) is 5.44. The molecule has 2 aromatic carbocycles. The number of nitrogens with zero attached hydrogens (tertiary/aromatic N) is 2. The first-order valence-corrected chi connectivity index (χ1v) is 7.42. The average Bonchev–Trinajstić information content (AvgIpc) is 3.06. The number of benzene rings is 2. The van der Waals surface area contributed by atoms with Crippen molar-refractivity contribution in [3.8, 4) is 11.5 Å². The van der Waals surface area contributed by atoms with Crippen molar-refractivity contribution in [1.29, 1.82) is 0 Å². The van der Waals surface area contributed by atoms with Crippen molar-refractivity contribution in [1.82, 2.24) is 10.2 Å². The Bertz CT molecular complexity index is 886. The second-order valence-electron chi connectivity index (χ2n) is 5.01. The van der Waals surface area contributed by atoms with Crippen LogP contribution in [0.25, 0.3) is 11.5 Å². The first kappa shape index (κ1) is 15.9. The molecular formula is C17H12ClN3O3. The number of amides is 1. The SMILES string of the molecule is CC(=O)c1ccc(NC(=O)c2nnc(-c3ccc(Cl)cc3)o2)cc1. The van der Waals surface area contributed by atoms with Gasteiger partial charge in [0.25, 0.3) is 0 Å². The average molecular weight is 342 g/mol. The molecule has 1 aromatic heterocycles. The molecule has 0 spiro atoms. The fourth-order valence-electron chi connectivity index (χ4n) is 2.00. The van der Waals surface area contributed by atoms with Gasteiger partial charge in [0.05, 0.1) is 0 Å². The van der Waals surface area contributed by atoms with Gasteiger partial charge < -0.3 is 9.73 Å². The molecular weight excluding hydrogens is 330 g/mol. The van der Waals surface area contributed by atoms with Gasteiger partial charge in [-0.2, -0.15) is 0 Å². The maximum Gasteiger partial charge on any atom is 0.313 e. The number of ketones is 1. The van der Waals surface area contributed by atoms with E-state index >= 15 is 0 Å². The lowest BCUT2D eigenvalue weighted by atomic mass is 10.1. The Morgan fingerprint density at radius 1 is 1.00 bits per heavy atom. The van der Waals surface area contributed by atoms with Crippen LogP contribution in [0.3, 0.4) is 0 Å². The Hall–Kier alpha value is -2.99. The molecule has 0 saturated heterocycles. The van der Waals surface area contributed by atoms with Gasteiger partial charge in [-0.1, -0.05) is 11.6 Å². The van der Waals surface area contributed by atoms with Crippen molar-refractivity contribution in [3.05, 3.63) is 65.0 Å². The number of rotatable bonds is 4. The van der Waals surface area contributed by atoms with Crippen molar-refractivity contribution in [2.24, 2.45) is 0 Å². The number of aromatic nitrogens is 2. The van der Waals surface area contributed by atoms with Gasteiger partial charge >= 0.3 is 11.8 Å². The fourth-order valence-corrected chi connectivity index (χ4v) is 2.12. The van der Waals surface area contributed by atoms with Gasteiger partial charge in [0.1, 0.15) is 0 Å². The molecule has 120 valence electrons. The van der Waals surface area contributed by atoms with Gasteiger partial charge in [0.2, 0.25) is 5.89 Å². The zero-order valence-corrected chi connectivity index (χ0v) is 13.4. The van der Waals surface area contributed by atoms with Crippen LogP contribution in [0.5, 0.6) is 0 Å². The third kappa shape index (κ3) is 3.49. The summed E-state index contributed by atoms with van der Waals surface area (Å²) < 4.78 is 5.37. The minimum absolute atomic E-state index is 0.0441. The van der Waals surface area contributed by atoms with Crippen molar-refractivity contribution in [3.63, 3.8) is 0 Å². The molecule has 1 heterocycles. The van der Waals surface area contributed by atoms with Crippen LogP contribution in [0.15, 0.2) is 52.9 Å². The lowest BCUT2D eigenvalue weighted by Crippen LogP contribution is -2.12. The van der Waals surface area contributed by atoms with Gasteiger partial charge in [0.15, 0.2) is 5.78 Å². The van der Waals surface area contributed by atoms with Crippen molar-refractivity contribution in [2.45, 2.75) is 6.92 Å². The molecule has 0 aliphatic heterocycles. The monoisotopic (exact) mass is 341 g/mol. The minimum Gasteiger partial charge on any atom is -0.412 e. The Kier molecular flexibility index (Phi) is 4.39. The number of nitrogens with one attached hydrogen (secondary N) is 1. The highest BCUT2D eigenvalue weighted by molar-refractivity contribution is 6.30. The van der Waals surface area contributed by atoms with Crippen molar-refractivity contribution >= 4 is 29.0 Å². The van der Waals surface area contributed by atoms with E-state index in [4.69, 9.17) is 16.0 Å². The van der Waals surface area contributed by atoms with Crippen LogP contribution in [0, 0.1) is 0 Å². The Balaban J connectivity index is 1.73. The lowest BCUT2D eigenvalue weighted by Gasteiger charge is -2.02. The van der Waals surface area contributed by atoms with E-state index in [0.717, 1.165) is 0 Å². The van der Waals surface area contributed by atoms with Crippen LogP contribution in [-0.2, 0) is 0 Å². The topological polar surface area (TPSA) is 85.1 Å². The number of hydrogen-bond acceptors (Lipinski definition) is 5. The molecule has 0 aliphatic carbocycles. The molecule has 0 atom stereocenters. The Labute approximate surface area is 142 Å². The molecule has 0 fully saturated rings. The molecule has 24 heavy (non-hydrogen) atoms. The quantitative estimate of drug-likeness (QED) is 0.728. The summed E-state index contributed by atoms with van der Waals surface area (Å²) in [4.78, 5) is 23.4. The number of anilines is 1. The highest BCUT2D eigenvalue weighted by atomic mass is 35.5.